The molecular weight excluding hydrogens is 410 g/mol. The Kier molecular flexibility index (Phi) is 5.86. The van der Waals surface area contributed by atoms with E-state index in [4.69, 9.17) is 14.5 Å². The van der Waals surface area contributed by atoms with Crippen molar-refractivity contribution >= 4 is 32.6 Å². The minimum absolute atomic E-state index is 0.168. The summed E-state index contributed by atoms with van der Waals surface area (Å²) in [5, 5.41) is 0.646. The topological polar surface area (TPSA) is 64.5 Å². The summed E-state index contributed by atoms with van der Waals surface area (Å²) < 4.78 is 11.8. The van der Waals surface area contributed by atoms with Crippen LogP contribution in [-0.4, -0.2) is 30.1 Å². The molecule has 31 heavy (non-hydrogen) atoms. The number of carbonyl (C=O) groups excluding carboxylic acids is 1. The lowest BCUT2D eigenvalue weighted by Gasteiger charge is -2.20. The molecule has 0 spiro atoms. The number of amides is 1. The van der Waals surface area contributed by atoms with Gasteiger partial charge in [0, 0.05) is 18.0 Å². The Morgan fingerprint density at radius 2 is 1.87 bits per heavy atom. The third-order valence-electron chi connectivity index (χ3n) is 4.98. The predicted octanol–water partition coefficient (Wildman–Crippen LogP) is 5.17. The van der Waals surface area contributed by atoms with Crippen molar-refractivity contribution in [2.75, 3.05) is 19.1 Å². The predicted molar refractivity (Wildman–Crippen MR) is 123 cm³/mol. The molecule has 0 aliphatic rings. The summed E-state index contributed by atoms with van der Waals surface area (Å²) >= 11 is 1.52. The van der Waals surface area contributed by atoms with E-state index in [2.05, 4.69) is 18.0 Å². The van der Waals surface area contributed by atoms with E-state index < -0.39 is 0 Å². The molecular formula is C24H23N3O3S. The number of aryl methyl sites for hydroxylation is 2. The first kappa shape index (κ1) is 20.8. The molecule has 6 nitrogen and oxygen atoms in total. The van der Waals surface area contributed by atoms with Crippen LogP contribution >= 0.6 is 11.3 Å². The van der Waals surface area contributed by atoms with E-state index >= 15 is 0 Å². The van der Waals surface area contributed by atoms with E-state index in [1.54, 1.807) is 49.7 Å². The number of thiazole rings is 1. The fourth-order valence-corrected chi connectivity index (χ4v) is 4.52. The van der Waals surface area contributed by atoms with Crippen LogP contribution in [0.25, 0.3) is 10.2 Å². The average Bonchev–Trinajstić information content (AvgIpc) is 3.21. The molecule has 0 unspecified atom stereocenters. The maximum absolute atomic E-state index is 13.6. The molecule has 4 aromatic rings. The summed E-state index contributed by atoms with van der Waals surface area (Å²) in [4.78, 5) is 24.3. The monoisotopic (exact) mass is 433 g/mol. The minimum Gasteiger partial charge on any atom is -0.493 e. The van der Waals surface area contributed by atoms with Crippen molar-refractivity contribution in [2.24, 2.45) is 0 Å². The van der Waals surface area contributed by atoms with Gasteiger partial charge in [0.05, 0.1) is 31.0 Å². The second kappa shape index (κ2) is 8.73. The van der Waals surface area contributed by atoms with Gasteiger partial charge in [-0.2, -0.15) is 0 Å². The summed E-state index contributed by atoms with van der Waals surface area (Å²) in [6, 6.07) is 13.2. The number of rotatable bonds is 6. The van der Waals surface area contributed by atoms with E-state index in [1.165, 1.54) is 11.3 Å². The molecule has 0 radical (unpaired) electrons. The molecule has 2 aromatic carbocycles. The van der Waals surface area contributed by atoms with E-state index in [9.17, 15) is 4.79 Å². The molecule has 0 aliphatic carbocycles. The molecule has 2 aromatic heterocycles. The third kappa shape index (κ3) is 4.22. The van der Waals surface area contributed by atoms with Crippen LogP contribution in [-0.2, 0) is 6.54 Å². The van der Waals surface area contributed by atoms with Crippen LogP contribution < -0.4 is 14.4 Å². The van der Waals surface area contributed by atoms with Crippen LogP contribution in [0, 0.1) is 13.8 Å². The number of anilines is 1. The second-order valence-electron chi connectivity index (χ2n) is 7.25. The molecule has 1 amide bonds. The molecule has 158 valence electrons. The van der Waals surface area contributed by atoms with Gasteiger partial charge in [0.15, 0.2) is 16.6 Å². The van der Waals surface area contributed by atoms with Gasteiger partial charge < -0.3 is 9.47 Å². The standard InChI is InChI=1S/C24H23N3O3S/c1-15-10-16(2)22-19(11-15)26-24(31-22)27(14-17-6-5-9-25-13-17)23(28)18-7-8-20(29-3)21(12-18)30-4/h5-13H,14H2,1-4H3. The normalized spacial score (nSPS) is 10.8. The Bertz CT molecular complexity index is 1240. The highest BCUT2D eigenvalue weighted by atomic mass is 32.1. The highest BCUT2D eigenvalue weighted by Gasteiger charge is 2.23. The van der Waals surface area contributed by atoms with E-state index in [0.717, 1.165) is 26.9 Å². The van der Waals surface area contributed by atoms with Crippen molar-refractivity contribution in [2.45, 2.75) is 20.4 Å². The van der Waals surface area contributed by atoms with Crippen LogP contribution in [0.15, 0.2) is 54.9 Å². The van der Waals surface area contributed by atoms with E-state index in [0.29, 0.717) is 28.7 Å². The van der Waals surface area contributed by atoms with Crippen molar-refractivity contribution in [1.29, 1.82) is 0 Å². The second-order valence-corrected chi connectivity index (χ2v) is 8.23. The van der Waals surface area contributed by atoms with Crippen molar-refractivity contribution in [3.63, 3.8) is 0 Å². The Balaban J connectivity index is 1.79. The molecule has 0 atom stereocenters. The number of methoxy groups -OCH3 is 2. The van der Waals surface area contributed by atoms with Gasteiger partial charge in [-0.05, 0) is 60.9 Å². The van der Waals surface area contributed by atoms with Crippen molar-refractivity contribution < 1.29 is 14.3 Å². The number of aromatic nitrogens is 2. The molecule has 0 N–H and O–H groups in total. The molecule has 4 rings (SSSR count). The molecule has 0 bridgehead atoms. The van der Waals surface area contributed by atoms with Crippen molar-refractivity contribution in [3.8, 4) is 11.5 Å². The summed E-state index contributed by atoms with van der Waals surface area (Å²) in [5.41, 5.74) is 4.61. The number of ether oxygens (including phenoxy) is 2. The van der Waals surface area contributed by atoms with Gasteiger partial charge in [-0.3, -0.25) is 14.7 Å². The molecule has 0 fully saturated rings. The highest BCUT2D eigenvalue weighted by Crippen LogP contribution is 2.34. The van der Waals surface area contributed by atoms with E-state index in [-0.39, 0.29) is 5.91 Å². The third-order valence-corrected chi connectivity index (χ3v) is 6.21. The Morgan fingerprint density at radius 3 is 2.58 bits per heavy atom. The van der Waals surface area contributed by atoms with E-state index in [1.807, 2.05) is 25.1 Å². The van der Waals surface area contributed by atoms with Crippen LogP contribution in [0.5, 0.6) is 11.5 Å². The number of nitrogens with zero attached hydrogens (tertiary/aromatic N) is 3. The Morgan fingerprint density at radius 1 is 1.06 bits per heavy atom. The van der Waals surface area contributed by atoms with Gasteiger partial charge in [0.25, 0.3) is 5.91 Å². The maximum Gasteiger partial charge on any atom is 0.260 e. The fourth-order valence-electron chi connectivity index (χ4n) is 3.51. The van der Waals surface area contributed by atoms with Gasteiger partial charge in [0.2, 0.25) is 0 Å². The largest absolute Gasteiger partial charge is 0.493 e. The van der Waals surface area contributed by atoms with Crippen molar-refractivity contribution in [1.82, 2.24) is 9.97 Å². The fraction of sp³-hybridized carbons (Fsp3) is 0.208. The molecule has 7 heteroatoms. The number of pyridine rings is 1. The van der Waals surface area contributed by atoms with Crippen LogP contribution in [0.3, 0.4) is 0 Å². The zero-order chi connectivity index (χ0) is 22.0. The van der Waals surface area contributed by atoms with Crippen molar-refractivity contribution in [3.05, 3.63) is 77.1 Å². The first-order valence-corrected chi connectivity index (χ1v) is 10.6. The number of carbonyl (C=O) groups is 1. The number of hydrogen-bond acceptors (Lipinski definition) is 6. The number of benzene rings is 2. The molecule has 0 saturated heterocycles. The number of hydrogen-bond donors (Lipinski definition) is 0. The Labute approximate surface area is 185 Å². The maximum atomic E-state index is 13.6. The van der Waals surface area contributed by atoms with Gasteiger partial charge in [-0.25, -0.2) is 4.98 Å². The first-order valence-electron chi connectivity index (χ1n) is 9.80. The zero-order valence-corrected chi connectivity index (χ0v) is 18.7. The van der Waals surface area contributed by atoms with Gasteiger partial charge in [0.1, 0.15) is 0 Å². The lowest BCUT2D eigenvalue weighted by atomic mass is 10.1. The van der Waals surface area contributed by atoms with Crippen LogP contribution in [0.4, 0.5) is 5.13 Å². The SMILES string of the molecule is COc1ccc(C(=O)N(Cc2cccnc2)c2nc3cc(C)cc(C)c3s2)cc1OC. The smallest absolute Gasteiger partial charge is 0.260 e. The molecule has 2 heterocycles. The summed E-state index contributed by atoms with van der Waals surface area (Å²) in [5.74, 6) is 0.910. The summed E-state index contributed by atoms with van der Waals surface area (Å²) in [7, 11) is 3.12. The molecule has 0 saturated carbocycles. The lowest BCUT2D eigenvalue weighted by Crippen LogP contribution is -2.30. The van der Waals surface area contributed by atoms with Gasteiger partial charge in [-0.1, -0.05) is 23.5 Å². The van der Waals surface area contributed by atoms with Crippen LogP contribution in [0.2, 0.25) is 0 Å². The summed E-state index contributed by atoms with van der Waals surface area (Å²) in [6.45, 7) is 4.48. The first-order chi connectivity index (χ1) is 15.0. The van der Waals surface area contributed by atoms with Gasteiger partial charge >= 0.3 is 0 Å². The lowest BCUT2D eigenvalue weighted by molar-refractivity contribution is 0.0984. The molecule has 0 aliphatic heterocycles. The quantitative estimate of drug-likeness (QED) is 0.420. The minimum atomic E-state index is -0.168. The zero-order valence-electron chi connectivity index (χ0n) is 17.9. The van der Waals surface area contributed by atoms with Crippen LogP contribution in [0.1, 0.15) is 27.0 Å². The van der Waals surface area contributed by atoms with Gasteiger partial charge in [-0.15, -0.1) is 0 Å². The summed E-state index contributed by atoms with van der Waals surface area (Å²) in [6.07, 6.45) is 3.48. The highest BCUT2D eigenvalue weighted by molar-refractivity contribution is 7.22. The Hall–Kier alpha value is -3.45. The number of fused-ring (bicyclic) bond motifs is 1. The average molecular weight is 434 g/mol.